The zero-order valence-electron chi connectivity index (χ0n) is 9.29. The van der Waals surface area contributed by atoms with Gasteiger partial charge in [0.1, 0.15) is 5.82 Å². The van der Waals surface area contributed by atoms with Crippen LogP contribution in [0.3, 0.4) is 0 Å². The Kier molecular flexibility index (Phi) is 3.21. The molecule has 4 nitrogen and oxygen atoms in total. The Bertz CT molecular complexity index is 374. The zero-order chi connectivity index (χ0) is 11.6. The number of nitrogens with one attached hydrogen (secondary N) is 1. The van der Waals surface area contributed by atoms with Gasteiger partial charge in [-0.05, 0) is 25.3 Å². The highest BCUT2D eigenvalue weighted by Gasteiger charge is 2.36. The summed E-state index contributed by atoms with van der Waals surface area (Å²) in [5.41, 5.74) is 6.34. The van der Waals surface area contributed by atoms with Gasteiger partial charge in [0.15, 0.2) is 0 Å². The van der Waals surface area contributed by atoms with Crippen LogP contribution in [-0.4, -0.2) is 24.2 Å². The second kappa shape index (κ2) is 4.47. The molecule has 0 atom stereocenters. The number of hydrogen-bond acceptors (Lipinski definition) is 4. The molecule has 5 heteroatoms. The summed E-state index contributed by atoms with van der Waals surface area (Å²) in [6.07, 6.45) is 4.98. The van der Waals surface area contributed by atoms with Gasteiger partial charge in [0.05, 0.1) is 16.3 Å². The van der Waals surface area contributed by atoms with E-state index in [1.54, 1.807) is 19.4 Å². The van der Waals surface area contributed by atoms with Gasteiger partial charge in [0.2, 0.25) is 0 Å². The Balaban J connectivity index is 1.99. The Hall–Kier alpha value is -1.00. The summed E-state index contributed by atoms with van der Waals surface area (Å²) < 4.78 is 5.50. The second-order valence-corrected chi connectivity index (χ2v) is 4.62. The van der Waals surface area contributed by atoms with E-state index in [2.05, 4.69) is 10.3 Å². The van der Waals surface area contributed by atoms with E-state index in [1.165, 1.54) is 6.42 Å². The van der Waals surface area contributed by atoms with Gasteiger partial charge >= 0.3 is 0 Å². The van der Waals surface area contributed by atoms with E-state index >= 15 is 0 Å². The van der Waals surface area contributed by atoms with Crippen LogP contribution in [0.1, 0.15) is 19.3 Å². The van der Waals surface area contributed by atoms with Crippen LogP contribution in [0.15, 0.2) is 12.3 Å². The van der Waals surface area contributed by atoms with Crippen LogP contribution in [0.2, 0.25) is 5.02 Å². The fraction of sp³-hybridized carbons (Fsp3) is 0.545. The molecule has 2 rings (SSSR count). The average molecular weight is 242 g/mol. The Morgan fingerprint density at radius 3 is 2.88 bits per heavy atom. The maximum Gasteiger partial charge on any atom is 0.149 e. The molecule has 1 heterocycles. The Labute approximate surface area is 100 Å². The normalized spacial score (nSPS) is 17.9. The molecule has 1 aromatic rings. The molecule has 1 saturated carbocycles. The summed E-state index contributed by atoms with van der Waals surface area (Å²) in [6.45, 7) is 0.738. The van der Waals surface area contributed by atoms with Crippen LogP contribution >= 0.6 is 11.6 Å². The van der Waals surface area contributed by atoms with Crippen molar-refractivity contribution in [1.82, 2.24) is 4.98 Å². The summed E-state index contributed by atoms with van der Waals surface area (Å²) in [7, 11) is 1.75. The predicted molar refractivity (Wildman–Crippen MR) is 65.7 cm³/mol. The van der Waals surface area contributed by atoms with E-state index in [9.17, 15) is 0 Å². The number of hydrogen-bond donors (Lipinski definition) is 2. The van der Waals surface area contributed by atoms with Crippen LogP contribution in [0, 0.1) is 0 Å². The first-order valence-electron chi connectivity index (χ1n) is 5.35. The van der Waals surface area contributed by atoms with Crippen molar-refractivity contribution in [3.63, 3.8) is 0 Å². The lowest BCUT2D eigenvalue weighted by atomic mass is 9.80. The molecule has 16 heavy (non-hydrogen) atoms. The van der Waals surface area contributed by atoms with Gasteiger partial charge in [-0.15, -0.1) is 0 Å². The molecule has 0 aliphatic heterocycles. The highest BCUT2D eigenvalue weighted by molar-refractivity contribution is 6.30. The lowest BCUT2D eigenvalue weighted by Gasteiger charge is -2.40. The first-order chi connectivity index (χ1) is 7.65. The molecule has 1 fully saturated rings. The van der Waals surface area contributed by atoms with Crippen LogP contribution < -0.4 is 11.1 Å². The molecule has 1 aliphatic carbocycles. The topological polar surface area (TPSA) is 60.2 Å². The molecule has 0 spiro atoms. The number of rotatable bonds is 4. The summed E-state index contributed by atoms with van der Waals surface area (Å²) in [4.78, 5) is 4.15. The zero-order valence-corrected chi connectivity index (χ0v) is 10.0. The van der Waals surface area contributed by atoms with Gasteiger partial charge in [0.25, 0.3) is 0 Å². The average Bonchev–Trinajstić information content (AvgIpc) is 2.19. The minimum absolute atomic E-state index is 0.0340. The van der Waals surface area contributed by atoms with Gasteiger partial charge in [-0.2, -0.15) is 0 Å². The standard InChI is InChI=1S/C11H16ClN3O/c1-16-11(3-2-4-11)7-15-10-9(13)5-8(12)6-14-10/h5-6H,2-4,7,13H2,1H3,(H,14,15). The summed E-state index contributed by atoms with van der Waals surface area (Å²) >= 11 is 5.78. The number of halogens is 1. The van der Waals surface area contributed by atoms with Gasteiger partial charge in [0, 0.05) is 19.9 Å². The Morgan fingerprint density at radius 2 is 2.38 bits per heavy atom. The maximum absolute atomic E-state index is 5.80. The van der Waals surface area contributed by atoms with Gasteiger partial charge in [-0.25, -0.2) is 4.98 Å². The molecule has 3 N–H and O–H groups in total. The monoisotopic (exact) mass is 241 g/mol. The first-order valence-corrected chi connectivity index (χ1v) is 5.73. The molecular formula is C11H16ClN3O. The number of nitrogens with zero attached hydrogens (tertiary/aromatic N) is 1. The van der Waals surface area contributed by atoms with Crippen LogP contribution in [0.25, 0.3) is 0 Å². The van der Waals surface area contributed by atoms with Crippen molar-refractivity contribution in [1.29, 1.82) is 0 Å². The van der Waals surface area contributed by atoms with Crippen molar-refractivity contribution >= 4 is 23.1 Å². The van der Waals surface area contributed by atoms with E-state index in [0.29, 0.717) is 16.5 Å². The molecule has 0 saturated heterocycles. The molecular weight excluding hydrogens is 226 g/mol. The third kappa shape index (κ3) is 2.23. The summed E-state index contributed by atoms with van der Waals surface area (Å²) in [6, 6.07) is 1.69. The molecule has 0 unspecified atom stereocenters. The van der Waals surface area contributed by atoms with Crippen LogP contribution in [0.4, 0.5) is 11.5 Å². The molecule has 0 bridgehead atoms. The number of nitrogens with two attached hydrogens (primary N) is 1. The lowest BCUT2D eigenvalue weighted by molar-refractivity contribution is -0.0601. The maximum atomic E-state index is 5.80. The predicted octanol–water partition coefficient (Wildman–Crippen LogP) is 2.30. The van der Waals surface area contributed by atoms with Crippen molar-refractivity contribution < 1.29 is 4.74 Å². The van der Waals surface area contributed by atoms with Gasteiger partial charge in [-0.3, -0.25) is 0 Å². The molecule has 0 amide bonds. The van der Waals surface area contributed by atoms with E-state index in [4.69, 9.17) is 22.1 Å². The van der Waals surface area contributed by atoms with Crippen LogP contribution in [-0.2, 0) is 4.74 Å². The highest BCUT2D eigenvalue weighted by Crippen LogP contribution is 2.35. The summed E-state index contributed by atoms with van der Waals surface area (Å²) in [5, 5.41) is 3.76. The third-order valence-electron chi connectivity index (χ3n) is 3.16. The quantitative estimate of drug-likeness (QED) is 0.849. The molecule has 1 aliphatic rings. The largest absolute Gasteiger partial charge is 0.396 e. The van der Waals surface area contributed by atoms with Crippen molar-refractivity contribution in [2.75, 3.05) is 24.7 Å². The van der Waals surface area contributed by atoms with E-state index in [-0.39, 0.29) is 5.60 Å². The van der Waals surface area contributed by atoms with E-state index < -0.39 is 0 Å². The van der Waals surface area contributed by atoms with Crippen LogP contribution in [0.5, 0.6) is 0 Å². The fourth-order valence-corrected chi connectivity index (χ4v) is 2.04. The van der Waals surface area contributed by atoms with Crippen molar-refractivity contribution in [2.45, 2.75) is 24.9 Å². The number of methoxy groups -OCH3 is 1. The number of nitrogen functional groups attached to an aromatic ring is 1. The Morgan fingerprint density at radius 1 is 1.62 bits per heavy atom. The molecule has 0 aromatic carbocycles. The number of aromatic nitrogens is 1. The number of anilines is 2. The minimum atomic E-state index is -0.0340. The van der Waals surface area contributed by atoms with Gasteiger partial charge in [-0.1, -0.05) is 11.6 Å². The second-order valence-electron chi connectivity index (χ2n) is 4.19. The van der Waals surface area contributed by atoms with Crippen molar-refractivity contribution in [2.24, 2.45) is 0 Å². The fourth-order valence-electron chi connectivity index (χ4n) is 1.87. The highest BCUT2D eigenvalue weighted by atomic mass is 35.5. The van der Waals surface area contributed by atoms with E-state index in [1.807, 2.05) is 0 Å². The number of ether oxygens (including phenoxy) is 1. The third-order valence-corrected chi connectivity index (χ3v) is 3.37. The molecule has 1 aromatic heterocycles. The molecule has 0 radical (unpaired) electrons. The van der Waals surface area contributed by atoms with Crippen molar-refractivity contribution in [3.05, 3.63) is 17.3 Å². The first kappa shape index (κ1) is 11.5. The lowest BCUT2D eigenvalue weighted by Crippen LogP contribution is -2.45. The number of pyridine rings is 1. The smallest absolute Gasteiger partial charge is 0.149 e. The SMILES string of the molecule is COC1(CNc2ncc(Cl)cc2N)CCC1. The minimum Gasteiger partial charge on any atom is -0.396 e. The van der Waals surface area contributed by atoms with Gasteiger partial charge < -0.3 is 15.8 Å². The van der Waals surface area contributed by atoms with E-state index in [0.717, 1.165) is 19.4 Å². The van der Waals surface area contributed by atoms with Crippen molar-refractivity contribution in [3.8, 4) is 0 Å². The summed E-state index contributed by atoms with van der Waals surface area (Å²) in [5.74, 6) is 0.674. The molecule has 88 valence electrons.